The van der Waals surface area contributed by atoms with Crippen LogP contribution in [0.2, 0.25) is 0 Å². The third-order valence-corrected chi connectivity index (χ3v) is 3.63. The number of hydrogen-bond acceptors (Lipinski definition) is 7. The van der Waals surface area contributed by atoms with E-state index in [1.165, 1.54) is 24.4 Å². The first kappa shape index (κ1) is 20.3. The van der Waals surface area contributed by atoms with Gasteiger partial charge in [-0.25, -0.2) is 14.2 Å². The monoisotopic (exact) mass is 396 g/mol. The minimum atomic E-state index is -3.67. The molecule has 0 aliphatic rings. The van der Waals surface area contributed by atoms with Gasteiger partial charge < -0.3 is 15.3 Å². The molecule has 0 saturated carbocycles. The van der Waals surface area contributed by atoms with Crippen molar-refractivity contribution in [2.75, 3.05) is 12.0 Å². The fourth-order valence-corrected chi connectivity index (χ4v) is 2.42. The molecule has 144 valence electrons. The smallest absolute Gasteiger partial charge is 0.340 e. The lowest BCUT2D eigenvalue weighted by atomic mass is 10.00. The van der Waals surface area contributed by atoms with Gasteiger partial charge in [-0.15, -0.1) is 0 Å². The number of nitrogen functional groups attached to an aromatic ring is 1. The molecule has 2 aromatic heterocycles. The standard InChI is InChI=1S/C16H13FN2O3.CH4O3S/c1-8-11-3-2-10(20)7-13(11)22-16(21)12(8)6-9-4-5-19-15(18)14(9)17;1-5(2,3)4/h2-5,7,20H,6H2,1H3,(H2,18,19);1H3,(H,2,3,4). The zero-order valence-corrected chi connectivity index (χ0v) is 15.2. The molecule has 1 aromatic carbocycles. The Morgan fingerprint density at radius 3 is 2.56 bits per heavy atom. The molecular formula is C17H17FN2O6S. The number of aryl methyl sites for hydroxylation is 1. The molecule has 0 bridgehead atoms. The minimum Gasteiger partial charge on any atom is -0.508 e. The van der Waals surface area contributed by atoms with E-state index in [-0.39, 0.29) is 23.6 Å². The molecular weight excluding hydrogens is 379 g/mol. The van der Waals surface area contributed by atoms with E-state index >= 15 is 0 Å². The lowest BCUT2D eigenvalue weighted by molar-refractivity contribution is 0.472. The van der Waals surface area contributed by atoms with Crippen LogP contribution in [0.4, 0.5) is 10.2 Å². The Kier molecular flexibility index (Phi) is 5.82. The van der Waals surface area contributed by atoms with Crippen molar-refractivity contribution >= 4 is 26.9 Å². The Morgan fingerprint density at radius 2 is 1.93 bits per heavy atom. The first-order chi connectivity index (χ1) is 12.5. The minimum absolute atomic E-state index is 0.00996. The average molecular weight is 396 g/mol. The highest BCUT2D eigenvalue weighted by Crippen LogP contribution is 2.25. The van der Waals surface area contributed by atoms with Crippen molar-refractivity contribution in [3.63, 3.8) is 0 Å². The zero-order chi connectivity index (χ0) is 20.4. The summed E-state index contributed by atoms with van der Waals surface area (Å²) in [5.41, 5.74) is 6.48. The topological polar surface area (TPSA) is 144 Å². The van der Waals surface area contributed by atoms with Crippen molar-refractivity contribution in [1.29, 1.82) is 0 Å². The quantitative estimate of drug-likeness (QED) is 0.441. The summed E-state index contributed by atoms with van der Waals surface area (Å²) in [6, 6.07) is 6.01. The summed E-state index contributed by atoms with van der Waals surface area (Å²) in [6.07, 6.45) is 2.17. The Balaban J connectivity index is 0.000000465. The Labute approximate surface area is 153 Å². The number of aromatic nitrogens is 1. The van der Waals surface area contributed by atoms with Gasteiger partial charge in [-0.1, -0.05) is 0 Å². The largest absolute Gasteiger partial charge is 0.508 e. The van der Waals surface area contributed by atoms with E-state index < -0.39 is 21.6 Å². The van der Waals surface area contributed by atoms with Crippen molar-refractivity contribution < 1.29 is 26.9 Å². The number of halogens is 1. The highest BCUT2D eigenvalue weighted by atomic mass is 32.2. The van der Waals surface area contributed by atoms with E-state index in [1.54, 1.807) is 13.0 Å². The van der Waals surface area contributed by atoms with Crippen LogP contribution in [-0.2, 0) is 16.5 Å². The van der Waals surface area contributed by atoms with Gasteiger partial charge in [0.1, 0.15) is 11.3 Å². The van der Waals surface area contributed by atoms with Gasteiger partial charge in [-0.3, -0.25) is 4.55 Å². The van der Waals surface area contributed by atoms with E-state index in [4.69, 9.17) is 14.7 Å². The van der Waals surface area contributed by atoms with Crippen molar-refractivity contribution in [2.45, 2.75) is 13.3 Å². The van der Waals surface area contributed by atoms with Gasteiger partial charge in [0.15, 0.2) is 11.6 Å². The SMILES string of the molecule is CS(=O)(=O)O.Cc1c(Cc2ccnc(N)c2F)c(=O)oc2cc(O)ccc12. The van der Waals surface area contributed by atoms with E-state index in [0.29, 0.717) is 28.4 Å². The van der Waals surface area contributed by atoms with Gasteiger partial charge in [-0.05, 0) is 36.2 Å². The second-order valence-electron chi connectivity index (χ2n) is 5.75. The van der Waals surface area contributed by atoms with Crippen LogP contribution in [0, 0.1) is 12.7 Å². The summed E-state index contributed by atoms with van der Waals surface area (Å²) in [7, 11) is -3.67. The maximum absolute atomic E-state index is 14.0. The van der Waals surface area contributed by atoms with Gasteiger partial charge in [0.2, 0.25) is 0 Å². The molecule has 0 spiro atoms. The second kappa shape index (κ2) is 7.72. The van der Waals surface area contributed by atoms with Crippen molar-refractivity contribution in [3.05, 3.63) is 63.4 Å². The molecule has 4 N–H and O–H groups in total. The van der Waals surface area contributed by atoms with Gasteiger partial charge in [0, 0.05) is 29.6 Å². The molecule has 0 aliphatic carbocycles. The third kappa shape index (κ3) is 5.25. The highest BCUT2D eigenvalue weighted by molar-refractivity contribution is 7.85. The number of nitrogens with two attached hydrogens (primary N) is 1. The fourth-order valence-electron chi connectivity index (χ4n) is 2.42. The lowest BCUT2D eigenvalue weighted by Crippen LogP contribution is -2.12. The van der Waals surface area contributed by atoms with Gasteiger partial charge >= 0.3 is 5.63 Å². The number of hydrogen-bond donors (Lipinski definition) is 3. The molecule has 27 heavy (non-hydrogen) atoms. The molecule has 0 aliphatic heterocycles. The summed E-state index contributed by atoms with van der Waals surface area (Å²) < 4.78 is 45.0. The number of rotatable bonds is 2. The predicted octanol–water partition coefficient (Wildman–Crippen LogP) is 2.02. The molecule has 3 rings (SSSR count). The third-order valence-electron chi connectivity index (χ3n) is 3.63. The van der Waals surface area contributed by atoms with E-state index in [0.717, 1.165) is 0 Å². The second-order valence-corrected chi connectivity index (χ2v) is 7.22. The van der Waals surface area contributed by atoms with Gasteiger partial charge in [0.25, 0.3) is 10.1 Å². The summed E-state index contributed by atoms with van der Waals surface area (Å²) in [5.74, 6) is -0.826. The maximum Gasteiger partial charge on any atom is 0.340 e. The summed E-state index contributed by atoms with van der Waals surface area (Å²) in [5, 5.41) is 10.1. The van der Waals surface area contributed by atoms with Crippen molar-refractivity contribution in [2.24, 2.45) is 0 Å². The van der Waals surface area contributed by atoms with Gasteiger partial charge in [-0.2, -0.15) is 8.42 Å². The molecule has 3 aromatic rings. The summed E-state index contributed by atoms with van der Waals surface area (Å²) >= 11 is 0. The lowest BCUT2D eigenvalue weighted by Gasteiger charge is -2.09. The van der Waals surface area contributed by atoms with Crippen LogP contribution in [-0.4, -0.2) is 29.3 Å². The predicted molar refractivity (Wildman–Crippen MR) is 97.8 cm³/mol. The maximum atomic E-state index is 14.0. The molecule has 0 unspecified atom stereocenters. The zero-order valence-electron chi connectivity index (χ0n) is 14.4. The normalized spacial score (nSPS) is 11.1. The van der Waals surface area contributed by atoms with Crippen LogP contribution in [0.5, 0.6) is 5.75 Å². The molecule has 0 saturated heterocycles. The summed E-state index contributed by atoms with van der Waals surface area (Å²) in [4.78, 5) is 15.8. The van der Waals surface area contributed by atoms with E-state index in [1.807, 2.05) is 0 Å². The average Bonchev–Trinajstić information content (AvgIpc) is 2.53. The van der Waals surface area contributed by atoms with Crippen molar-refractivity contribution in [1.82, 2.24) is 4.98 Å². The highest BCUT2D eigenvalue weighted by Gasteiger charge is 2.15. The van der Waals surface area contributed by atoms with Crippen LogP contribution in [0.3, 0.4) is 0 Å². The number of fused-ring (bicyclic) bond motifs is 1. The van der Waals surface area contributed by atoms with Gasteiger partial charge in [0.05, 0.1) is 6.26 Å². The van der Waals surface area contributed by atoms with Crippen LogP contribution >= 0.6 is 0 Å². The first-order valence-electron chi connectivity index (χ1n) is 7.54. The van der Waals surface area contributed by atoms with Crippen LogP contribution < -0.4 is 11.4 Å². The molecule has 0 radical (unpaired) electrons. The Morgan fingerprint density at radius 1 is 1.30 bits per heavy atom. The molecule has 0 fully saturated rings. The van der Waals surface area contributed by atoms with E-state index in [9.17, 15) is 22.7 Å². The Hall–Kier alpha value is -2.98. The molecule has 10 heteroatoms. The Bertz CT molecular complexity index is 1150. The first-order valence-corrected chi connectivity index (χ1v) is 9.39. The number of pyridine rings is 1. The van der Waals surface area contributed by atoms with Crippen LogP contribution in [0.1, 0.15) is 16.7 Å². The number of phenolic OH excluding ortho intramolecular Hbond substituents is 1. The van der Waals surface area contributed by atoms with Crippen molar-refractivity contribution in [3.8, 4) is 5.75 Å². The molecule has 2 heterocycles. The molecule has 0 atom stereocenters. The molecule has 0 amide bonds. The summed E-state index contributed by atoms with van der Waals surface area (Å²) in [6.45, 7) is 1.76. The number of nitrogens with zero attached hydrogens (tertiary/aromatic N) is 1. The number of anilines is 1. The number of benzene rings is 1. The van der Waals surface area contributed by atoms with E-state index in [2.05, 4.69) is 4.98 Å². The fraction of sp³-hybridized carbons (Fsp3) is 0.176. The number of phenols is 1. The van der Waals surface area contributed by atoms with Crippen LogP contribution in [0.25, 0.3) is 11.0 Å². The number of aromatic hydroxyl groups is 1. The van der Waals surface area contributed by atoms with Crippen LogP contribution in [0.15, 0.2) is 39.7 Å². The molecule has 8 nitrogen and oxygen atoms in total.